The highest BCUT2D eigenvalue weighted by atomic mass is 35.5. The summed E-state index contributed by atoms with van der Waals surface area (Å²) in [5.74, 6) is -3.45. The van der Waals surface area contributed by atoms with E-state index in [1.54, 1.807) is 0 Å². The average Bonchev–Trinajstić information content (AvgIpc) is 3.53. The molecule has 1 saturated heterocycles. The van der Waals surface area contributed by atoms with Crippen LogP contribution >= 0.6 is 23.2 Å². The van der Waals surface area contributed by atoms with Crippen LogP contribution in [0.15, 0.2) is 18.6 Å². The van der Waals surface area contributed by atoms with Gasteiger partial charge in [-0.15, -0.1) is 0 Å². The number of carbonyl (C=O) groups excluding carboxylic acids is 2. The maximum absolute atomic E-state index is 14.3. The summed E-state index contributed by atoms with van der Waals surface area (Å²) in [4.78, 5) is 42.8. The molecule has 2 aromatic heterocycles. The van der Waals surface area contributed by atoms with Crippen molar-refractivity contribution in [2.24, 2.45) is 11.8 Å². The summed E-state index contributed by atoms with van der Waals surface area (Å²) in [5.41, 5.74) is -1.98. The van der Waals surface area contributed by atoms with Crippen LogP contribution in [0.25, 0.3) is 0 Å². The molecule has 38 heavy (non-hydrogen) atoms. The Morgan fingerprint density at radius 2 is 1.74 bits per heavy atom. The number of alkyl halides is 3. The number of nitrogens with zero attached hydrogens (tertiary/aromatic N) is 4. The van der Waals surface area contributed by atoms with Gasteiger partial charge in [-0.3, -0.25) is 24.0 Å². The van der Waals surface area contributed by atoms with Crippen molar-refractivity contribution in [2.75, 3.05) is 26.3 Å². The van der Waals surface area contributed by atoms with E-state index in [9.17, 15) is 32.7 Å². The van der Waals surface area contributed by atoms with E-state index in [0.717, 1.165) is 15.8 Å². The van der Waals surface area contributed by atoms with Crippen LogP contribution in [0.1, 0.15) is 64.6 Å². The number of pyridine rings is 1. The first-order valence-corrected chi connectivity index (χ1v) is 12.8. The molecule has 9 nitrogen and oxygen atoms in total. The van der Waals surface area contributed by atoms with Gasteiger partial charge >= 0.3 is 12.1 Å². The molecule has 0 spiro atoms. The Hall–Kier alpha value is -2.70. The molecule has 206 valence electrons. The van der Waals surface area contributed by atoms with Crippen molar-refractivity contribution in [1.82, 2.24) is 19.7 Å². The molecule has 1 atom stereocenters. The maximum atomic E-state index is 14.3. The highest BCUT2D eigenvalue weighted by Crippen LogP contribution is 2.39. The lowest BCUT2D eigenvalue weighted by atomic mass is 9.86. The van der Waals surface area contributed by atoms with Crippen molar-refractivity contribution in [2.45, 2.75) is 44.3 Å². The molecular formula is C24H25Cl2F3N4O5. The third kappa shape index (κ3) is 6.13. The van der Waals surface area contributed by atoms with Gasteiger partial charge in [0.05, 0.1) is 52.5 Å². The van der Waals surface area contributed by atoms with Gasteiger partial charge in [0.15, 0.2) is 11.5 Å². The Kier molecular flexibility index (Phi) is 8.63. The smallest absolute Gasteiger partial charge is 0.433 e. The molecule has 1 aliphatic carbocycles. The average molecular weight is 577 g/mol. The van der Waals surface area contributed by atoms with E-state index in [0.29, 0.717) is 19.6 Å². The van der Waals surface area contributed by atoms with E-state index < -0.39 is 53.6 Å². The molecule has 1 N–H and O–H groups in total. The van der Waals surface area contributed by atoms with E-state index >= 15 is 0 Å². The van der Waals surface area contributed by atoms with Gasteiger partial charge in [0, 0.05) is 31.5 Å². The first-order chi connectivity index (χ1) is 18.0. The van der Waals surface area contributed by atoms with Gasteiger partial charge in [0.25, 0.3) is 5.91 Å². The van der Waals surface area contributed by atoms with Crippen LogP contribution in [0.2, 0.25) is 10.0 Å². The summed E-state index contributed by atoms with van der Waals surface area (Å²) < 4.78 is 49.1. The summed E-state index contributed by atoms with van der Waals surface area (Å²) in [5, 5.41) is 13.0. The molecule has 4 rings (SSSR count). The van der Waals surface area contributed by atoms with Gasteiger partial charge in [-0.2, -0.15) is 18.3 Å². The number of carboxylic acid groups (broad SMARTS) is 1. The molecule has 1 amide bonds. The number of carboxylic acids is 1. The lowest BCUT2D eigenvalue weighted by Crippen LogP contribution is -2.40. The fourth-order valence-electron chi connectivity index (χ4n) is 5.00. The van der Waals surface area contributed by atoms with Crippen LogP contribution in [0.3, 0.4) is 0 Å². The van der Waals surface area contributed by atoms with Crippen molar-refractivity contribution in [3.63, 3.8) is 0 Å². The number of carbonyl (C=O) groups is 3. The van der Waals surface area contributed by atoms with Crippen molar-refractivity contribution in [3.05, 3.63) is 45.5 Å². The van der Waals surface area contributed by atoms with Crippen molar-refractivity contribution in [3.8, 4) is 0 Å². The number of Topliss-reactive ketones (excluding diaryl/α,β-unsaturated/α-hetero) is 1. The summed E-state index contributed by atoms with van der Waals surface area (Å²) in [7, 11) is 0. The summed E-state index contributed by atoms with van der Waals surface area (Å²) >= 11 is 12.2. The third-order valence-electron chi connectivity index (χ3n) is 6.94. The molecule has 0 unspecified atom stereocenters. The van der Waals surface area contributed by atoms with Crippen LogP contribution in [-0.2, 0) is 15.7 Å². The quantitative estimate of drug-likeness (QED) is 0.449. The van der Waals surface area contributed by atoms with Gasteiger partial charge in [0.2, 0.25) is 0 Å². The zero-order valence-electron chi connectivity index (χ0n) is 20.1. The molecule has 1 aliphatic heterocycles. The van der Waals surface area contributed by atoms with Crippen LogP contribution in [0.5, 0.6) is 0 Å². The number of ketones is 1. The minimum absolute atomic E-state index is 0.0168. The molecule has 3 heterocycles. The Morgan fingerprint density at radius 1 is 1.08 bits per heavy atom. The SMILES string of the molecule is O=C(CN(C[C@@H]1CCOC1)C(=O)c1cnn([C@H]2CC[C@H](C(=O)O)CC2)c1C(F)(F)F)c1c(Cl)cncc1Cl. The van der Waals surface area contributed by atoms with Gasteiger partial charge in [-0.05, 0) is 32.1 Å². The summed E-state index contributed by atoms with van der Waals surface area (Å²) in [6, 6.07) is -0.712. The van der Waals surface area contributed by atoms with E-state index in [1.807, 2.05) is 0 Å². The lowest BCUT2D eigenvalue weighted by molar-refractivity contribution is -0.147. The normalized spacial score (nSPS) is 21.9. The molecule has 14 heteroatoms. The van der Waals surface area contributed by atoms with Crippen molar-refractivity contribution in [1.29, 1.82) is 0 Å². The third-order valence-corrected chi connectivity index (χ3v) is 7.52. The van der Waals surface area contributed by atoms with E-state index in [1.165, 1.54) is 12.4 Å². The maximum Gasteiger partial charge on any atom is 0.433 e. The fraction of sp³-hybridized carbons (Fsp3) is 0.542. The molecule has 0 bridgehead atoms. The van der Waals surface area contributed by atoms with Gasteiger partial charge < -0.3 is 14.7 Å². The van der Waals surface area contributed by atoms with E-state index in [2.05, 4.69) is 10.1 Å². The Labute approximate surface area is 225 Å². The van der Waals surface area contributed by atoms with E-state index in [-0.39, 0.29) is 53.8 Å². The zero-order valence-corrected chi connectivity index (χ0v) is 21.6. The van der Waals surface area contributed by atoms with Gasteiger partial charge in [0.1, 0.15) is 0 Å². The molecule has 2 aromatic rings. The number of amides is 1. The highest BCUT2D eigenvalue weighted by Gasteiger charge is 2.43. The van der Waals surface area contributed by atoms with Crippen LogP contribution in [0, 0.1) is 11.8 Å². The summed E-state index contributed by atoms with van der Waals surface area (Å²) in [6.07, 6.45) is -0.297. The number of aromatic nitrogens is 3. The minimum Gasteiger partial charge on any atom is -0.481 e. The molecule has 1 saturated carbocycles. The second kappa shape index (κ2) is 11.6. The number of rotatable bonds is 8. The second-order valence-electron chi connectivity index (χ2n) is 9.51. The van der Waals surface area contributed by atoms with Crippen LogP contribution in [0.4, 0.5) is 13.2 Å². The zero-order chi connectivity index (χ0) is 27.6. The summed E-state index contributed by atoms with van der Waals surface area (Å²) in [6.45, 7) is 0.155. The topological polar surface area (TPSA) is 115 Å². The second-order valence-corrected chi connectivity index (χ2v) is 10.3. The Bertz CT molecular complexity index is 1190. The van der Waals surface area contributed by atoms with Crippen LogP contribution < -0.4 is 0 Å². The van der Waals surface area contributed by atoms with Gasteiger partial charge in [-0.25, -0.2) is 0 Å². The number of halogens is 5. The van der Waals surface area contributed by atoms with Crippen molar-refractivity contribution < 1.29 is 37.4 Å². The number of ether oxygens (including phenoxy) is 1. The molecule has 0 aromatic carbocycles. The number of hydrogen-bond acceptors (Lipinski definition) is 6. The molecule has 2 aliphatic rings. The number of aliphatic carboxylic acids is 1. The van der Waals surface area contributed by atoms with Gasteiger partial charge in [-0.1, -0.05) is 23.2 Å². The largest absolute Gasteiger partial charge is 0.481 e. The molecule has 0 radical (unpaired) electrons. The first-order valence-electron chi connectivity index (χ1n) is 12.0. The molecule has 2 fully saturated rings. The Balaban J connectivity index is 1.65. The fourth-order valence-corrected chi connectivity index (χ4v) is 5.58. The Morgan fingerprint density at radius 3 is 2.29 bits per heavy atom. The van der Waals surface area contributed by atoms with Crippen molar-refractivity contribution >= 4 is 40.9 Å². The first kappa shape index (κ1) is 28.3. The lowest BCUT2D eigenvalue weighted by Gasteiger charge is -2.29. The molecular weight excluding hydrogens is 552 g/mol. The highest BCUT2D eigenvalue weighted by molar-refractivity contribution is 6.39. The van der Waals surface area contributed by atoms with Crippen LogP contribution in [-0.4, -0.2) is 68.7 Å². The predicted octanol–water partition coefficient (Wildman–Crippen LogP) is 4.78. The monoisotopic (exact) mass is 576 g/mol. The minimum atomic E-state index is -4.92. The van der Waals surface area contributed by atoms with E-state index in [4.69, 9.17) is 27.9 Å². The predicted molar refractivity (Wildman–Crippen MR) is 129 cm³/mol. The number of hydrogen-bond donors (Lipinski definition) is 1. The standard InChI is InChI=1S/C24H25Cl2F3N4O5/c25-17-8-30-9-18(26)20(17)19(34)11-32(10-13-5-6-38-12-13)22(35)16-7-31-33(21(16)24(27,28)29)15-3-1-14(2-4-15)23(36)37/h7-9,13-15H,1-6,10-12H2,(H,36,37)/t13-,14-,15-/m0/s1.